The topological polar surface area (TPSA) is 67.2 Å². The number of aromatic nitrogens is 4. The summed E-state index contributed by atoms with van der Waals surface area (Å²) in [5.74, 6) is 1.73. The first-order valence-corrected chi connectivity index (χ1v) is 9.62. The van der Waals surface area contributed by atoms with E-state index in [0.717, 1.165) is 41.1 Å². The van der Waals surface area contributed by atoms with Gasteiger partial charge in [0.05, 0.1) is 0 Å². The minimum absolute atomic E-state index is 0.0863. The highest BCUT2D eigenvalue weighted by Gasteiger charge is 2.24. The van der Waals surface area contributed by atoms with Crippen molar-refractivity contribution in [2.24, 2.45) is 0 Å². The van der Waals surface area contributed by atoms with Gasteiger partial charge in [0, 0.05) is 50.2 Å². The highest BCUT2D eigenvalue weighted by atomic mass is 16.2. The second-order valence-electron chi connectivity index (χ2n) is 7.01. The molecule has 0 unspecified atom stereocenters. The Hall–Kier alpha value is -3.74. The van der Waals surface area contributed by atoms with Crippen LogP contribution >= 0.6 is 0 Å². The Balaban J connectivity index is 1.32. The van der Waals surface area contributed by atoms with Gasteiger partial charge in [0.2, 0.25) is 0 Å². The van der Waals surface area contributed by atoms with Gasteiger partial charge in [-0.1, -0.05) is 36.4 Å². The van der Waals surface area contributed by atoms with E-state index in [1.165, 1.54) is 0 Å². The van der Waals surface area contributed by atoms with Gasteiger partial charge in [0.1, 0.15) is 24.3 Å². The maximum atomic E-state index is 13.1. The first-order valence-electron chi connectivity index (χ1n) is 9.62. The van der Waals surface area contributed by atoms with E-state index in [4.69, 9.17) is 0 Å². The summed E-state index contributed by atoms with van der Waals surface area (Å²) in [6, 6.07) is 15.9. The van der Waals surface area contributed by atoms with Crippen LogP contribution in [0.2, 0.25) is 0 Å². The zero-order chi connectivity index (χ0) is 19.6. The van der Waals surface area contributed by atoms with Gasteiger partial charge in [0.15, 0.2) is 0 Å². The molecule has 0 radical (unpaired) electrons. The molecule has 0 bridgehead atoms. The van der Waals surface area contributed by atoms with Crippen LogP contribution in [0.3, 0.4) is 0 Å². The average molecular weight is 384 g/mol. The fourth-order valence-electron chi connectivity index (χ4n) is 3.77. The maximum absolute atomic E-state index is 13.1. The van der Waals surface area contributed by atoms with E-state index in [0.29, 0.717) is 13.1 Å². The van der Waals surface area contributed by atoms with Gasteiger partial charge >= 0.3 is 0 Å². The number of piperazine rings is 1. The maximum Gasteiger partial charge on any atom is 0.254 e. The number of nitrogens with zero attached hydrogens (tertiary/aromatic N) is 6. The molecule has 144 valence electrons. The van der Waals surface area contributed by atoms with Crippen molar-refractivity contribution in [2.75, 3.05) is 31.1 Å². The van der Waals surface area contributed by atoms with Gasteiger partial charge in [-0.05, 0) is 16.8 Å². The van der Waals surface area contributed by atoms with E-state index in [9.17, 15) is 4.79 Å². The van der Waals surface area contributed by atoms with E-state index in [1.807, 2.05) is 64.2 Å². The van der Waals surface area contributed by atoms with E-state index < -0.39 is 0 Å². The van der Waals surface area contributed by atoms with Crippen LogP contribution in [0, 0.1) is 0 Å². The predicted molar refractivity (Wildman–Crippen MR) is 111 cm³/mol. The summed E-state index contributed by atoms with van der Waals surface area (Å²) in [5, 5.41) is 2.09. The second kappa shape index (κ2) is 7.35. The van der Waals surface area contributed by atoms with Crippen LogP contribution in [0.4, 0.5) is 5.82 Å². The monoisotopic (exact) mass is 384 g/mol. The molecule has 1 saturated heterocycles. The molecule has 29 heavy (non-hydrogen) atoms. The van der Waals surface area contributed by atoms with Crippen LogP contribution in [0.1, 0.15) is 10.4 Å². The molecule has 5 rings (SSSR count). The van der Waals surface area contributed by atoms with Crippen molar-refractivity contribution in [1.82, 2.24) is 24.4 Å². The zero-order valence-electron chi connectivity index (χ0n) is 15.8. The smallest absolute Gasteiger partial charge is 0.254 e. The minimum Gasteiger partial charge on any atom is -0.353 e. The quantitative estimate of drug-likeness (QED) is 0.543. The molecule has 7 heteroatoms. The van der Waals surface area contributed by atoms with Crippen molar-refractivity contribution in [1.29, 1.82) is 0 Å². The Morgan fingerprint density at radius 2 is 1.69 bits per heavy atom. The molecule has 0 aliphatic carbocycles. The number of rotatable bonds is 3. The van der Waals surface area contributed by atoms with Gasteiger partial charge in [-0.15, -0.1) is 0 Å². The molecule has 1 fully saturated rings. The molecule has 4 aromatic rings. The highest BCUT2D eigenvalue weighted by molar-refractivity contribution is 6.07. The average Bonchev–Trinajstić information content (AvgIpc) is 3.34. The number of carbonyl (C=O) groups excluding carboxylic acids is 1. The lowest BCUT2D eigenvalue weighted by Gasteiger charge is -2.35. The number of anilines is 1. The Bertz CT molecular complexity index is 1140. The van der Waals surface area contributed by atoms with Gasteiger partial charge in [-0.3, -0.25) is 9.36 Å². The fraction of sp³-hybridized carbons (Fsp3) is 0.182. The number of carbonyl (C=O) groups is 1. The Labute approximate surface area is 168 Å². The van der Waals surface area contributed by atoms with Crippen LogP contribution in [0.25, 0.3) is 16.6 Å². The van der Waals surface area contributed by atoms with Crippen molar-refractivity contribution in [3.05, 3.63) is 79.1 Å². The standard InChI is InChI=1S/C22H20N6O/c29-22(19-7-3-5-17-4-1-2-6-18(17)19)27-12-10-26(11-13-27)20-14-21(25-15-24-20)28-9-8-23-16-28/h1-9,14-16H,10-13H2. The molecule has 7 nitrogen and oxygen atoms in total. The predicted octanol–water partition coefficient (Wildman–Crippen LogP) is 2.78. The Kier molecular flexibility index (Phi) is 4.40. The normalized spacial score (nSPS) is 14.3. The molecular formula is C22H20N6O. The third kappa shape index (κ3) is 3.31. The van der Waals surface area contributed by atoms with Gasteiger partial charge < -0.3 is 9.80 Å². The number of benzene rings is 2. The Morgan fingerprint density at radius 3 is 2.52 bits per heavy atom. The molecule has 2 aromatic heterocycles. The van der Waals surface area contributed by atoms with E-state index in [2.05, 4.69) is 19.9 Å². The minimum atomic E-state index is 0.0863. The molecule has 1 aliphatic heterocycles. The SMILES string of the molecule is O=C(c1cccc2ccccc12)N1CCN(c2cc(-n3ccnc3)ncn2)CC1. The molecule has 2 aromatic carbocycles. The van der Waals surface area contributed by atoms with Crippen molar-refractivity contribution in [3.63, 3.8) is 0 Å². The first-order chi connectivity index (χ1) is 14.3. The van der Waals surface area contributed by atoms with Crippen LogP contribution in [0.5, 0.6) is 0 Å². The van der Waals surface area contributed by atoms with Crippen molar-refractivity contribution >= 4 is 22.5 Å². The lowest BCUT2D eigenvalue weighted by atomic mass is 10.0. The van der Waals surface area contributed by atoms with Crippen molar-refractivity contribution < 1.29 is 4.79 Å². The third-order valence-corrected chi connectivity index (χ3v) is 5.32. The zero-order valence-corrected chi connectivity index (χ0v) is 15.8. The van der Waals surface area contributed by atoms with Crippen LogP contribution < -0.4 is 4.90 Å². The van der Waals surface area contributed by atoms with Crippen LogP contribution in [-0.2, 0) is 0 Å². The fourth-order valence-corrected chi connectivity index (χ4v) is 3.77. The van der Waals surface area contributed by atoms with Gasteiger partial charge in [-0.2, -0.15) is 0 Å². The molecule has 1 amide bonds. The number of hydrogen-bond acceptors (Lipinski definition) is 5. The number of amides is 1. The highest BCUT2D eigenvalue weighted by Crippen LogP contribution is 2.22. The summed E-state index contributed by atoms with van der Waals surface area (Å²) < 4.78 is 1.85. The third-order valence-electron chi connectivity index (χ3n) is 5.32. The lowest BCUT2D eigenvalue weighted by Crippen LogP contribution is -2.49. The summed E-state index contributed by atoms with van der Waals surface area (Å²) in [7, 11) is 0. The summed E-state index contributed by atoms with van der Waals surface area (Å²) in [4.78, 5) is 30.0. The molecule has 0 spiro atoms. The number of fused-ring (bicyclic) bond motifs is 1. The number of imidazole rings is 1. The van der Waals surface area contributed by atoms with E-state index in [1.54, 1.807) is 18.9 Å². The summed E-state index contributed by atoms with van der Waals surface area (Å²) in [5.41, 5.74) is 0.765. The molecule has 0 N–H and O–H groups in total. The molecule has 0 saturated carbocycles. The first kappa shape index (κ1) is 17.4. The van der Waals surface area contributed by atoms with Crippen LogP contribution in [-0.4, -0.2) is 56.5 Å². The number of hydrogen-bond donors (Lipinski definition) is 0. The summed E-state index contributed by atoms with van der Waals surface area (Å²) in [6.07, 6.45) is 6.86. The second-order valence-corrected chi connectivity index (χ2v) is 7.01. The van der Waals surface area contributed by atoms with E-state index >= 15 is 0 Å². The van der Waals surface area contributed by atoms with Crippen molar-refractivity contribution in [3.8, 4) is 5.82 Å². The molecule has 1 aliphatic rings. The Morgan fingerprint density at radius 1 is 0.897 bits per heavy atom. The van der Waals surface area contributed by atoms with E-state index in [-0.39, 0.29) is 5.91 Å². The molecular weight excluding hydrogens is 364 g/mol. The van der Waals surface area contributed by atoms with Gasteiger partial charge in [-0.25, -0.2) is 15.0 Å². The summed E-state index contributed by atoms with van der Waals surface area (Å²) >= 11 is 0. The summed E-state index contributed by atoms with van der Waals surface area (Å²) in [6.45, 7) is 2.78. The lowest BCUT2D eigenvalue weighted by molar-refractivity contribution is 0.0748. The largest absolute Gasteiger partial charge is 0.353 e. The molecule has 0 atom stereocenters. The van der Waals surface area contributed by atoms with Crippen molar-refractivity contribution in [2.45, 2.75) is 0 Å². The van der Waals surface area contributed by atoms with Crippen LogP contribution in [0.15, 0.2) is 73.6 Å². The van der Waals surface area contributed by atoms with Gasteiger partial charge in [0.25, 0.3) is 5.91 Å². The molecule has 3 heterocycles.